The lowest BCUT2D eigenvalue weighted by Gasteiger charge is -2.32. The number of rotatable bonds is 6. The molecular weight excluding hydrogens is 427 g/mol. The van der Waals surface area contributed by atoms with Crippen molar-refractivity contribution < 1.29 is 28.2 Å². The van der Waals surface area contributed by atoms with Crippen LogP contribution in [0.5, 0.6) is 0 Å². The molecule has 2 atom stereocenters. The largest absolute Gasteiger partial charge is 0.466 e. The molecule has 1 aliphatic rings. The third kappa shape index (κ3) is 6.21. The lowest BCUT2D eigenvalue weighted by atomic mass is 9.80. The Morgan fingerprint density at radius 1 is 1.09 bits per heavy atom. The zero-order valence-corrected chi connectivity index (χ0v) is 20.5. The van der Waals surface area contributed by atoms with Crippen LogP contribution in [0.15, 0.2) is 46.8 Å². The molecule has 1 aromatic rings. The molecule has 2 unspecified atom stereocenters. The number of nitrogens with one attached hydrogen (secondary N) is 2. The number of allylic oxidation sites excluding steroid dienone is 2. The fourth-order valence-corrected chi connectivity index (χ4v) is 3.78. The van der Waals surface area contributed by atoms with Crippen molar-refractivity contribution in [2.24, 2.45) is 5.92 Å². The lowest BCUT2D eigenvalue weighted by Crippen LogP contribution is -2.49. The predicted molar refractivity (Wildman–Crippen MR) is 122 cm³/mol. The number of esters is 2. The molecule has 0 saturated heterocycles. The summed E-state index contributed by atoms with van der Waals surface area (Å²) in [6, 6.07) is 4.80. The third-order valence-corrected chi connectivity index (χ3v) is 5.21. The molecule has 8 heteroatoms. The van der Waals surface area contributed by atoms with Crippen LogP contribution in [0.4, 0.5) is 4.39 Å². The Hall–Kier alpha value is -3.16. The molecule has 0 bridgehead atoms. The van der Waals surface area contributed by atoms with E-state index in [0.29, 0.717) is 17.0 Å². The minimum Gasteiger partial charge on any atom is -0.466 e. The number of dihydropyridines is 1. The van der Waals surface area contributed by atoms with Crippen molar-refractivity contribution in [2.45, 2.75) is 66.0 Å². The number of ether oxygens (including phenoxy) is 2. The SMILES string of the molecule is COC(=O)C1=C(C)NC(C)=C(C(=O)NC(C(=O)OC(C)(C)C)C(C)C)C1c1cccc(F)c1. The van der Waals surface area contributed by atoms with Gasteiger partial charge in [-0.15, -0.1) is 0 Å². The van der Waals surface area contributed by atoms with Crippen molar-refractivity contribution >= 4 is 17.8 Å². The van der Waals surface area contributed by atoms with Crippen LogP contribution in [-0.2, 0) is 23.9 Å². The first kappa shape index (κ1) is 26.1. The van der Waals surface area contributed by atoms with Crippen LogP contribution in [0.2, 0.25) is 0 Å². The van der Waals surface area contributed by atoms with Crippen molar-refractivity contribution in [3.05, 3.63) is 58.2 Å². The Morgan fingerprint density at radius 2 is 1.70 bits per heavy atom. The van der Waals surface area contributed by atoms with Gasteiger partial charge in [0.05, 0.1) is 18.6 Å². The highest BCUT2D eigenvalue weighted by atomic mass is 19.1. The summed E-state index contributed by atoms with van der Waals surface area (Å²) in [5.74, 6) is -3.41. The zero-order valence-electron chi connectivity index (χ0n) is 20.5. The molecule has 0 radical (unpaired) electrons. The van der Waals surface area contributed by atoms with E-state index in [4.69, 9.17) is 9.47 Å². The van der Waals surface area contributed by atoms with Gasteiger partial charge in [0.15, 0.2) is 0 Å². The highest BCUT2D eigenvalue weighted by Crippen LogP contribution is 2.39. The number of hydrogen-bond donors (Lipinski definition) is 2. The van der Waals surface area contributed by atoms with Gasteiger partial charge in [-0.25, -0.2) is 14.0 Å². The summed E-state index contributed by atoms with van der Waals surface area (Å²) in [6.45, 7) is 12.2. The molecule has 0 aliphatic carbocycles. The van der Waals surface area contributed by atoms with Crippen molar-refractivity contribution in [3.8, 4) is 0 Å². The van der Waals surface area contributed by atoms with E-state index in [1.807, 2.05) is 0 Å². The first-order valence-corrected chi connectivity index (χ1v) is 10.8. The van der Waals surface area contributed by atoms with Gasteiger partial charge in [0.2, 0.25) is 0 Å². The van der Waals surface area contributed by atoms with E-state index in [2.05, 4.69) is 10.6 Å². The van der Waals surface area contributed by atoms with Crippen molar-refractivity contribution in [2.75, 3.05) is 7.11 Å². The molecule has 0 saturated carbocycles. The molecule has 2 rings (SSSR count). The van der Waals surface area contributed by atoms with Crippen LogP contribution in [0.1, 0.15) is 59.9 Å². The summed E-state index contributed by atoms with van der Waals surface area (Å²) in [5, 5.41) is 5.81. The standard InChI is InChI=1S/C25H33FN2O5/c1-13(2)21(24(31)33-25(5,6)7)28-22(29)18-14(3)27-15(4)19(23(30)32-8)20(18)16-10-9-11-17(26)12-16/h9-13,20-21,27H,1-8H3,(H,28,29). The van der Waals surface area contributed by atoms with Gasteiger partial charge in [0.25, 0.3) is 5.91 Å². The molecule has 1 aromatic carbocycles. The second kappa shape index (κ2) is 10.2. The van der Waals surface area contributed by atoms with Crippen LogP contribution in [-0.4, -0.2) is 36.6 Å². The van der Waals surface area contributed by atoms with Gasteiger partial charge in [0, 0.05) is 17.0 Å². The molecule has 7 nitrogen and oxygen atoms in total. The second-order valence-electron chi connectivity index (χ2n) is 9.41. The number of benzene rings is 1. The third-order valence-electron chi connectivity index (χ3n) is 5.21. The Bertz CT molecular complexity index is 1000. The van der Waals surface area contributed by atoms with Crippen molar-refractivity contribution in [3.63, 3.8) is 0 Å². The highest BCUT2D eigenvalue weighted by molar-refractivity contribution is 6.03. The van der Waals surface area contributed by atoms with Crippen LogP contribution >= 0.6 is 0 Å². The lowest BCUT2D eigenvalue weighted by molar-refractivity contribution is -0.159. The first-order valence-electron chi connectivity index (χ1n) is 10.8. The predicted octanol–water partition coefficient (Wildman–Crippen LogP) is 3.72. The zero-order chi connectivity index (χ0) is 25.1. The normalized spacial score (nSPS) is 17.5. The summed E-state index contributed by atoms with van der Waals surface area (Å²) < 4.78 is 24.5. The number of halogens is 1. The number of carbonyl (C=O) groups is 3. The topological polar surface area (TPSA) is 93.7 Å². The maximum absolute atomic E-state index is 14.1. The molecule has 0 aromatic heterocycles. The van der Waals surface area contributed by atoms with Gasteiger partial charge in [-0.05, 0) is 58.2 Å². The molecule has 1 amide bonds. The number of methoxy groups -OCH3 is 1. The Morgan fingerprint density at radius 3 is 2.21 bits per heavy atom. The van der Waals surface area contributed by atoms with E-state index in [9.17, 15) is 18.8 Å². The average Bonchev–Trinajstić information content (AvgIpc) is 2.69. The van der Waals surface area contributed by atoms with Crippen LogP contribution in [0.25, 0.3) is 0 Å². The number of amides is 1. The molecule has 2 N–H and O–H groups in total. The van der Waals surface area contributed by atoms with E-state index >= 15 is 0 Å². The molecule has 0 spiro atoms. The van der Waals surface area contributed by atoms with Crippen LogP contribution in [0.3, 0.4) is 0 Å². The fourth-order valence-electron chi connectivity index (χ4n) is 3.78. The minimum absolute atomic E-state index is 0.192. The second-order valence-corrected chi connectivity index (χ2v) is 9.41. The summed E-state index contributed by atoms with van der Waals surface area (Å²) in [4.78, 5) is 39.0. The number of carbonyl (C=O) groups excluding carboxylic acids is 3. The molecule has 1 heterocycles. The van der Waals surface area contributed by atoms with Gasteiger partial charge in [-0.3, -0.25) is 4.79 Å². The van der Waals surface area contributed by atoms with Crippen molar-refractivity contribution in [1.29, 1.82) is 0 Å². The van der Waals surface area contributed by atoms with E-state index in [0.717, 1.165) is 0 Å². The van der Waals surface area contributed by atoms with Gasteiger partial charge >= 0.3 is 11.9 Å². The fraction of sp³-hybridized carbons (Fsp3) is 0.480. The average molecular weight is 461 g/mol. The van der Waals surface area contributed by atoms with Crippen LogP contribution < -0.4 is 10.6 Å². The van der Waals surface area contributed by atoms with Crippen LogP contribution in [0, 0.1) is 11.7 Å². The monoisotopic (exact) mass is 460 g/mol. The minimum atomic E-state index is -0.918. The van der Waals surface area contributed by atoms with Gasteiger partial charge < -0.3 is 20.1 Å². The van der Waals surface area contributed by atoms with E-state index in [1.165, 1.54) is 25.3 Å². The summed E-state index contributed by atoms with van der Waals surface area (Å²) in [7, 11) is 1.24. The summed E-state index contributed by atoms with van der Waals surface area (Å²) in [5.41, 5.74) is 1.06. The van der Waals surface area contributed by atoms with Gasteiger partial charge in [-0.1, -0.05) is 26.0 Å². The quantitative estimate of drug-likeness (QED) is 0.629. The highest BCUT2D eigenvalue weighted by Gasteiger charge is 2.39. The maximum atomic E-state index is 14.1. The summed E-state index contributed by atoms with van der Waals surface area (Å²) >= 11 is 0. The maximum Gasteiger partial charge on any atom is 0.336 e. The molecule has 33 heavy (non-hydrogen) atoms. The van der Waals surface area contributed by atoms with E-state index in [1.54, 1.807) is 54.5 Å². The first-order chi connectivity index (χ1) is 15.3. The molecular formula is C25H33FN2O5. The molecule has 180 valence electrons. The Kier molecular flexibility index (Phi) is 8.06. The summed E-state index contributed by atoms with van der Waals surface area (Å²) in [6.07, 6.45) is 0. The Balaban J connectivity index is 2.54. The smallest absolute Gasteiger partial charge is 0.336 e. The molecule has 1 aliphatic heterocycles. The van der Waals surface area contributed by atoms with E-state index < -0.39 is 41.2 Å². The van der Waals surface area contributed by atoms with Crippen molar-refractivity contribution in [1.82, 2.24) is 10.6 Å². The van der Waals surface area contributed by atoms with E-state index in [-0.39, 0.29) is 17.1 Å². The molecule has 0 fully saturated rings. The van der Waals surface area contributed by atoms with Gasteiger partial charge in [0.1, 0.15) is 17.5 Å². The Labute approximate surface area is 194 Å². The van der Waals surface area contributed by atoms with Gasteiger partial charge in [-0.2, -0.15) is 0 Å². The number of hydrogen-bond acceptors (Lipinski definition) is 6.